The van der Waals surface area contributed by atoms with E-state index < -0.39 is 0 Å². The molecule has 0 saturated carbocycles. The molecule has 0 bridgehead atoms. The van der Waals surface area contributed by atoms with Crippen LogP contribution in [0.15, 0.2) is 42.6 Å². The summed E-state index contributed by atoms with van der Waals surface area (Å²) in [6.45, 7) is 3.55. The van der Waals surface area contributed by atoms with E-state index in [2.05, 4.69) is 10.3 Å². The van der Waals surface area contributed by atoms with Gasteiger partial charge in [0.05, 0.1) is 0 Å². The molecule has 0 aliphatic carbocycles. The molecule has 5 nitrogen and oxygen atoms in total. The lowest BCUT2D eigenvalue weighted by Gasteiger charge is -2.15. The average Bonchev–Trinajstić information content (AvgIpc) is 3.11. The Bertz CT molecular complexity index is 719. The summed E-state index contributed by atoms with van der Waals surface area (Å²) in [6.07, 6.45) is 3.59. The van der Waals surface area contributed by atoms with Gasteiger partial charge in [0.15, 0.2) is 0 Å². The van der Waals surface area contributed by atoms with E-state index in [1.54, 1.807) is 12.1 Å². The van der Waals surface area contributed by atoms with Crippen LogP contribution in [0, 0.1) is 6.92 Å². The summed E-state index contributed by atoms with van der Waals surface area (Å²) < 4.78 is 0. The topological polar surface area (TPSA) is 62.3 Å². The number of aromatic nitrogens is 1. The summed E-state index contributed by atoms with van der Waals surface area (Å²) in [5, 5.41) is 2.79. The third kappa shape index (κ3) is 3.56. The maximum Gasteiger partial charge on any atom is 0.274 e. The smallest absolute Gasteiger partial charge is 0.274 e. The first-order chi connectivity index (χ1) is 11.1. The number of hydrogen-bond donors (Lipinski definition) is 1. The predicted octanol–water partition coefficient (Wildman–Crippen LogP) is 2.88. The van der Waals surface area contributed by atoms with E-state index in [1.165, 1.54) is 6.20 Å². The van der Waals surface area contributed by atoms with Crippen LogP contribution in [-0.4, -0.2) is 34.8 Å². The second-order valence-electron chi connectivity index (χ2n) is 5.75. The third-order valence-electron chi connectivity index (χ3n) is 3.94. The molecule has 1 fully saturated rings. The Morgan fingerprint density at radius 1 is 1.09 bits per heavy atom. The molecule has 2 heterocycles. The summed E-state index contributed by atoms with van der Waals surface area (Å²) in [4.78, 5) is 30.6. The monoisotopic (exact) mass is 309 g/mol. The highest BCUT2D eigenvalue weighted by molar-refractivity contribution is 6.04. The number of nitrogens with zero attached hydrogens (tertiary/aromatic N) is 2. The number of carbonyl (C=O) groups excluding carboxylic acids is 2. The van der Waals surface area contributed by atoms with Crippen molar-refractivity contribution in [2.45, 2.75) is 19.8 Å². The van der Waals surface area contributed by atoms with E-state index in [1.807, 2.05) is 36.1 Å². The molecule has 5 heteroatoms. The molecule has 1 aromatic heterocycles. The molecule has 1 aliphatic heterocycles. The van der Waals surface area contributed by atoms with Gasteiger partial charge < -0.3 is 10.2 Å². The van der Waals surface area contributed by atoms with Crippen molar-refractivity contribution in [3.63, 3.8) is 0 Å². The predicted molar refractivity (Wildman–Crippen MR) is 88.5 cm³/mol. The summed E-state index contributed by atoms with van der Waals surface area (Å²) in [6, 6.07) is 10.7. The first kappa shape index (κ1) is 15.2. The summed E-state index contributed by atoms with van der Waals surface area (Å²) in [5.41, 5.74) is 2.59. The largest absolute Gasteiger partial charge is 0.339 e. The number of likely N-dealkylation sites (tertiary alicyclic amines) is 1. The highest BCUT2D eigenvalue weighted by Crippen LogP contribution is 2.14. The second-order valence-corrected chi connectivity index (χ2v) is 5.75. The Hall–Kier alpha value is -2.69. The maximum atomic E-state index is 12.4. The molecule has 0 spiro atoms. The Morgan fingerprint density at radius 3 is 2.48 bits per heavy atom. The van der Waals surface area contributed by atoms with Crippen LogP contribution < -0.4 is 5.32 Å². The minimum atomic E-state index is -0.315. The molecule has 2 amide bonds. The van der Waals surface area contributed by atoms with Gasteiger partial charge in [-0.25, -0.2) is 0 Å². The first-order valence-electron chi connectivity index (χ1n) is 7.77. The number of anilines is 1. The van der Waals surface area contributed by atoms with Crippen molar-refractivity contribution in [2.75, 3.05) is 18.4 Å². The maximum absolute atomic E-state index is 12.4. The fourth-order valence-electron chi connectivity index (χ4n) is 2.62. The first-order valence-corrected chi connectivity index (χ1v) is 7.77. The second kappa shape index (κ2) is 6.60. The Kier molecular flexibility index (Phi) is 4.37. The van der Waals surface area contributed by atoms with Crippen LogP contribution in [-0.2, 0) is 0 Å². The molecule has 0 atom stereocenters. The molecule has 23 heavy (non-hydrogen) atoms. The Labute approximate surface area is 135 Å². The number of carbonyl (C=O) groups is 2. The molecule has 118 valence electrons. The van der Waals surface area contributed by atoms with Crippen LogP contribution in [0.5, 0.6) is 0 Å². The summed E-state index contributed by atoms with van der Waals surface area (Å²) in [7, 11) is 0. The lowest BCUT2D eigenvalue weighted by molar-refractivity contribution is 0.0792. The van der Waals surface area contributed by atoms with Gasteiger partial charge in [-0.15, -0.1) is 0 Å². The number of aryl methyl sites for hydroxylation is 1. The minimum absolute atomic E-state index is 0.0331. The molecule has 0 radical (unpaired) electrons. The number of rotatable bonds is 3. The lowest BCUT2D eigenvalue weighted by atomic mass is 10.2. The van der Waals surface area contributed by atoms with E-state index in [0.717, 1.165) is 31.5 Å². The zero-order valence-electron chi connectivity index (χ0n) is 13.1. The summed E-state index contributed by atoms with van der Waals surface area (Å²) in [5.74, 6) is -0.348. The van der Waals surface area contributed by atoms with Crippen LogP contribution >= 0.6 is 0 Å². The van der Waals surface area contributed by atoms with Gasteiger partial charge in [-0.05, 0) is 44.0 Å². The zero-order valence-corrected chi connectivity index (χ0v) is 13.1. The molecule has 1 aliphatic rings. The van der Waals surface area contributed by atoms with Gasteiger partial charge in [0, 0.05) is 30.5 Å². The van der Waals surface area contributed by atoms with Crippen molar-refractivity contribution in [3.05, 3.63) is 59.4 Å². The molecule has 0 unspecified atom stereocenters. The number of nitrogens with one attached hydrogen (secondary N) is 1. The average molecular weight is 309 g/mol. The van der Waals surface area contributed by atoms with Crippen molar-refractivity contribution in [1.29, 1.82) is 0 Å². The number of hydrogen-bond acceptors (Lipinski definition) is 3. The van der Waals surface area contributed by atoms with Crippen LogP contribution in [0.2, 0.25) is 0 Å². The Balaban J connectivity index is 1.74. The number of benzene rings is 1. The van der Waals surface area contributed by atoms with Crippen LogP contribution in [0.25, 0.3) is 0 Å². The van der Waals surface area contributed by atoms with Crippen molar-refractivity contribution in [1.82, 2.24) is 9.88 Å². The fraction of sp³-hybridized carbons (Fsp3) is 0.278. The van der Waals surface area contributed by atoms with Crippen LogP contribution in [0.3, 0.4) is 0 Å². The zero-order chi connectivity index (χ0) is 16.2. The third-order valence-corrected chi connectivity index (χ3v) is 3.94. The SMILES string of the molecule is Cc1ccc(NC(=O)c2cc(C(=O)N3CCCC3)ccn2)cc1. The molecule has 1 saturated heterocycles. The molecule has 2 aromatic rings. The van der Waals surface area contributed by atoms with Crippen molar-refractivity contribution >= 4 is 17.5 Å². The van der Waals surface area contributed by atoms with E-state index in [-0.39, 0.29) is 17.5 Å². The van der Waals surface area contributed by atoms with Crippen molar-refractivity contribution in [2.24, 2.45) is 0 Å². The Morgan fingerprint density at radius 2 is 1.78 bits per heavy atom. The summed E-state index contributed by atoms with van der Waals surface area (Å²) >= 11 is 0. The van der Waals surface area contributed by atoms with Gasteiger partial charge in [-0.2, -0.15) is 0 Å². The van der Waals surface area contributed by atoms with Crippen molar-refractivity contribution < 1.29 is 9.59 Å². The number of amides is 2. The van der Waals surface area contributed by atoms with Gasteiger partial charge in [-0.3, -0.25) is 14.6 Å². The highest BCUT2D eigenvalue weighted by Gasteiger charge is 2.20. The van der Waals surface area contributed by atoms with Gasteiger partial charge >= 0.3 is 0 Å². The fourth-order valence-corrected chi connectivity index (χ4v) is 2.62. The number of pyridine rings is 1. The van der Waals surface area contributed by atoms with Crippen molar-refractivity contribution in [3.8, 4) is 0 Å². The molecular weight excluding hydrogens is 290 g/mol. The molecular formula is C18H19N3O2. The minimum Gasteiger partial charge on any atom is -0.339 e. The molecule has 1 N–H and O–H groups in total. The van der Waals surface area contributed by atoms with Gasteiger partial charge in [0.25, 0.3) is 11.8 Å². The van der Waals surface area contributed by atoms with Gasteiger partial charge in [0.2, 0.25) is 0 Å². The lowest BCUT2D eigenvalue weighted by Crippen LogP contribution is -2.28. The van der Waals surface area contributed by atoms with Gasteiger partial charge in [-0.1, -0.05) is 17.7 Å². The van der Waals surface area contributed by atoms with E-state index >= 15 is 0 Å². The van der Waals surface area contributed by atoms with Gasteiger partial charge in [0.1, 0.15) is 5.69 Å². The molecule has 1 aromatic carbocycles. The standard InChI is InChI=1S/C18H19N3O2/c1-13-4-6-15(7-5-13)20-17(22)16-12-14(8-9-19-16)18(23)21-10-2-3-11-21/h4-9,12H,2-3,10-11H2,1H3,(H,20,22). The van der Waals surface area contributed by atoms with Crippen LogP contribution in [0.1, 0.15) is 39.3 Å². The normalized spacial score (nSPS) is 13.9. The van der Waals surface area contributed by atoms with Crippen LogP contribution in [0.4, 0.5) is 5.69 Å². The van der Waals surface area contributed by atoms with E-state index in [4.69, 9.17) is 0 Å². The van der Waals surface area contributed by atoms with E-state index in [0.29, 0.717) is 11.3 Å². The highest BCUT2D eigenvalue weighted by atomic mass is 16.2. The van der Waals surface area contributed by atoms with E-state index in [9.17, 15) is 9.59 Å². The molecule has 3 rings (SSSR count). The quantitative estimate of drug-likeness (QED) is 0.948.